The summed E-state index contributed by atoms with van der Waals surface area (Å²) in [6.45, 7) is 0.887. The Kier molecular flexibility index (Phi) is 6.49. The van der Waals surface area contributed by atoms with Gasteiger partial charge in [-0.15, -0.1) is 0 Å². The number of nitrogens with zero attached hydrogens (tertiary/aromatic N) is 4. The molecule has 3 aromatic rings. The first-order valence-electron chi connectivity index (χ1n) is 11.0. The monoisotopic (exact) mass is 446 g/mol. The number of benzene rings is 2. The fraction of sp³-hybridized carbons (Fsp3) is 0.308. The number of aromatic nitrogens is 2. The van der Waals surface area contributed by atoms with Crippen LogP contribution in [0.25, 0.3) is 11.1 Å². The predicted octanol–water partition coefficient (Wildman–Crippen LogP) is 3.84. The van der Waals surface area contributed by atoms with E-state index >= 15 is 0 Å². The molecule has 2 amide bonds. The molecule has 1 aliphatic rings. The molecule has 4 rings (SSSR count). The highest BCUT2D eigenvalue weighted by Crippen LogP contribution is 2.36. The van der Waals surface area contributed by atoms with Crippen LogP contribution >= 0.6 is 0 Å². The van der Waals surface area contributed by atoms with E-state index < -0.39 is 5.41 Å². The van der Waals surface area contributed by atoms with Gasteiger partial charge >= 0.3 is 0 Å². The molecule has 6 nitrogen and oxygen atoms in total. The van der Waals surface area contributed by atoms with Crippen molar-refractivity contribution in [2.75, 3.05) is 27.2 Å². The molecule has 7 heteroatoms. The van der Waals surface area contributed by atoms with Gasteiger partial charge < -0.3 is 9.80 Å². The van der Waals surface area contributed by atoms with Crippen molar-refractivity contribution in [3.8, 4) is 11.1 Å². The van der Waals surface area contributed by atoms with Crippen LogP contribution in [0.2, 0.25) is 0 Å². The quantitative estimate of drug-likeness (QED) is 0.597. The highest BCUT2D eigenvalue weighted by Gasteiger charge is 2.44. The molecule has 33 heavy (non-hydrogen) atoms. The van der Waals surface area contributed by atoms with Crippen molar-refractivity contribution in [1.29, 1.82) is 0 Å². The highest BCUT2D eigenvalue weighted by molar-refractivity contribution is 5.93. The Morgan fingerprint density at radius 3 is 2.52 bits per heavy atom. The van der Waals surface area contributed by atoms with Crippen LogP contribution in [0.1, 0.15) is 28.9 Å². The van der Waals surface area contributed by atoms with Gasteiger partial charge in [0.05, 0.1) is 11.6 Å². The average molecular weight is 447 g/mol. The van der Waals surface area contributed by atoms with Crippen molar-refractivity contribution < 1.29 is 14.0 Å². The predicted molar refractivity (Wildman–Crippen MR) is 124 cm³/mol. The third-order valence-corrected chi connectivity index (χ3v) is 6.19. The molecule has 0 radical (unpaired) electrons. The second-order valence-electron chi connectivity index (χ2n) is 8.75. The number of piperidine rings is 1. The molecule has 2 aromatic carbocycles. The smallest absolute Gasteiger partial charge is 0.274 e. The van der Waals surface area contributed by atoms with Gasteiger partial charge in [-0.25, -0.2) is 9.37 Å². The Morgan fingerprint density at radius 2 is 1.85 bits per heavy atom. The van der Waals surface area contributed by atoms with Crippen LogP contribution in [0.5, 0.6) is 0 Å². The molecule has 170 valence electrons. The van der Waals surface area contributed by atoms with E-state index in [-0.39, 0.29) is 23.3 Å². The minimum Gasteiger partial charge on any atom is -0.348 e. The molecule has 1 fully saturated rings. The van der Waals surface area contributed by atoms with E-state index in [9.17, 15) is 14.0 Å². The molecule has 0 aliphatic carbocycles. The van der Waals surface area contributed by atoms with Crippen molar-refractivity contribution in [3.63, 3.8) is 0 Å². The summed E-state index contributed by atoms with van der Waals surface area (Å²) in [5.41, 5.74) is 1.84. The first-order chi connectivity index (χ1) is 15.9. The lowest BCUT2D eigenvalue weighted by Gasteiger charge is -2.43. The zero-order chi connectivity index (χ0) is 23.4. The molecule has 0 saturated carbocycles. The zero-order valence-electron chi connectivity index (χ0n) is 18.9. The molecule has 1 aliphatic heterocycles. The lowest BCUT2D eigenvalue weighted by Crippen LogP contribution is -2.54. The van der Waals surface area contributed by atoms with Gasteiger partial charge in [-0.3, -0.25) is 14.6 Å². The molecule has 1 atom stereocenters. The average Bonchev–Trinajstić information content (AvgIpc) is 2.84. The standard InChI is InChI=1S/C26H27FN4O2/c1-30(2)25(33)26(12-5-15-31(18-26)24(32)23-17-28-13-14-29-23)16-19-8-10-20(11-9-19)21-6-3-4-7-22(21)27/h3-4,6-11,13-14,17H,5,12,15-16,18H2,1-2H3. The summed E-state index contributed by atoms with van der Waals surface area (Å²) < 4.78 is 14.2. The molecular weight excluding hydrogens is 419 g/mol. The van der Waals surface area contributed by atoms with E-state index in [2.05, 4.69) is 9.97 Å². The van der Waals surface area contributed by atoms with Gasteiger partial charge in [-0.1, -0.05) is 42.5 Å². The summed E-state index contributed by atoms with van der Waals surface area (Å²) in [4.78, 5) is 37.8. The Balaban J connectivity index is 1.60. The Bertz CT molecular complexity index is 1130. The van der Waals surface area contributed by atoms with E-state index in [1.165, 1.54) is 24.7 Å². The zero-order valence-corrected chi connectivity index (χ0v) is 18.9. The second kappa shape index (κ2) is 9.48. The normalized spacial score (nSPS) is 18.1. The van der Waals surface area contributed by atoms with Crippen LogP contribution in [0, 0.1) is 11.2 Å². The summed E-state index contributed by atoms with van der Waals surface area (Å²) >= 11 is 0. The first-order valence-corrected chi connectivity index (χ1v) is 11.0. The summed E-state index contributed by atoms with van der Waals surface area (Å²) in [5.74, 6) is -0.485. The molecule has 1 aromatic heterocycles. The maximum Gasteiger partial charge on any atom is 0.274 e. The van der Waals surface area contributed by atoms with Crippen molar-refractivity contribution in [2.45, 2.75) is 19.3 Å². The van der Waals surface area contributed by atoms with E-state index in [1.807, 2.05) is 30.3 Å². The second-order valence-corrected chi connectivity index (χ2v) is 8.75. The maximum absolute atomic E-state index is 14.2. The van der Waals surface area contributed by atoms with E-state index in [1.54, 1.807) is 36.0 Å². The van der Waals surface area contributed by atoms with Crippen LogP contribution in [0.3, 0.4) is 0 Å². The van der Waals surface area contributed by atoms with Gasteiger partial charge in [0.1, 0.15) is 11.5 Å². The van der Waals surface area contributed by atoms with Crippen molar-refractivity contribution in [1.82, 2.24) is 19.8 Å². The van der Waals surface area contributed by atoms with Gasteiger partial charge in [0.25, 0.3) is 5.91 Å². The number of halogens is 1. The van der Waals surface area contributed by atoms with E-state index in [0.29, 0.717) is 31.5 Å². The number of rotatable bonds is 5. The lowest BCUT2D eigenvalue weighted by molar-refractivity contribution is -0.142. The SMILES string of the molecule is CN(C)C(=O)C1(Cc2ccc(-c3ccccc3F)cc2)CCCN(C(=O)c2cnccn2)C1. The topological polar surface area (TPSA) is 66.4 Å². The Labute approximate surface area is 193 Å². The number of hydrogen-bond donors (Lipinski definition) is 0. The Morgan fingerprint density at radius 1 is 1.09 bits per heavy atom. The summed E-state index contributed by atoms with van der Waals surface area (Å²) in [6, 6.07) is 14.3. The van der Waals surface area contributed by atoms with Gasteiger partial charge in [0.15, 0.2) is 0 Å². The van der Waals surface area contributed by atoms with Crippen molar-refractivity contribution in [3.05, 3.63) is 84.2 Å². The van der Waals surface area contributed by atoms with Gasteiger partial charge in [-0.05, 0) is 36.5 Å². The number of hydrogen-bond acceptors (Lipinski definition) is 4. The summed E-state index contributed by atoms with van der Waals surface area (Å²) in [7, 11) is 3.49. The van der Waals surface area contributed by atoms with Gasteiger partial charge in [0, 0.05) is 45.1 Å². The largest absolute Gasteiger partial charge is 0.348 e. The van der Waals surface area contributed by atoms with Crippen molar-refractivity contribution in [2.24, 2.45) is 5.41 Å². The number of amides is 2. The minimum atomic E-state index is -0.737. The summed E-state index contributed by atoms with van der Waals surface area (Å²) in [6.07, 6.45) is 6.37. The molecule has 2 heterocycles. The molecule has 0 spiro atoms. The minimum absolute atomic E-state index is 0.00248. The molecule has 0 bridgehead atoms. The number of carbonyl (C=O) groups is 2. The van der Waals surface area contributed by atoms with Crippen molar-refractivity contribution >= 4 is 11.8 Å². The third-order valence-electron chi connectivity index (χ3n) is 6.19. The highest BCUT2D eigenvalue weighted by atomic mass is 19.1. The molecular formula is C26H27FN4O2. The van der Waals surface area contributed by atoms with E-state index in [0.717, 1.165) is 17.5 Å². The van der Waals surface area contributed by atoms with E-state index in [4.69, 9.17) is 0 Å². The number of carbonyl (C=O) groups excluding carboxylic acids is 2. The fourth-order valence-corrected chi connectivity index (χ4v) is 4.63. The molecule has 0 N–H and O–H groups in total. The molecule has 1 saturated heterocycles. The van der Waals surface area contributed by atoms with Crippen LogP contribution in [0.15, 0.2) is 67.1 Å². The van der Waals surface area contributed by atoms with Crippen LogP contribution in [-0.4, -0.2) is 58.8 Å². The lowest BCUT2D eigenvalue weighted by atomic mass is 9.73. The maximum atomic E-state index is 14.2. The Hall–Kier alpha value is -3.61. The number of likely N-dealkylation sites (tertiary alicyclic amines) is 1. The third kappa shape index (κ3) is 4.77. The van der Waals surface area contributed by atoms with Gasteiger partial charge in [-0.2, -0.15) is 0 Å². The van der Waals surface area contributed by atoms with Crippen LogP contribution in [0.4, 0.5) is 4.39 Å². The molecule has 1 unspecified atom stereocenters. The first kappa shape index (κ1) is 22.6. The van der Waals surface area contributed by atoms with Crippen LogP contribution < -0.4 is 0 Å². The fourth-order valence-electron chi connectivity index (χ4n) is 4.63. The summed E-state index contributed by atoms with van der Waals surface area (Å²) in [5, 5.41) is 0. The van der Waals surface area contributed by atoms with Crippen LogP contribution in [-0.2, 0) is 11.2 Å². The van der Waals surface area contributed by atoms with Gasteiger partial charge in [0.2, 0.25) is 5.91 Å².